The first-order valence-corrected chi connectivity index (χ1v) is 14.0. The number of nitrogens with zero attached hydrogens (tertiary/aromatic N) is 8. The maximum Gasteiger partial charge on any atom is 0.223 e. The van der Waals surface area contributed by atoms with E-state index in [4.69, 9.17) is 10.7 Å². The molecule has 11 nitrogen and oxygen atoms in total. The summed E-state index contributed by atoms with van der Waals surface area (Å²) < 4.78 is 42.7. The Morgan fingerprint density at radius 2 is 1.98 bits per heavy atom. The predicted molar refractivity (Wildman–Crippen MR) is 144 cm³/mol. The number of nitriles is 1. The van der Waals surface area contributed by atoms with E-state index in [1.165, 1.54) is 21.2 Å². The first-order chi connectivity index (χ1) is 19.3. The van der Waals surface area contributed by atoms with Crippen molar-refractivity contribution in [3.05, 3.63) is 89.4 Å². The Labute approximate surface area is 228 Å². The summed E-state index contributed by atoms with van der Waals surface area (Å²) in [6.45, 7) is 0.462. The van der Waals surface area contributed by atoms with Gasteiger partial charge in [-0.2, -0.15) is 14.1 Å². The van der Waals surface area contributed by atoms with Crippen LogP contribution < -0.4 is 5.73 Å². The predicted octanol–water partition coefficient (Wildman–Crippen LogP) is 2.97. The fraction of sp³-hybridized carbons (Fsp3) is 0.185. The van der Waals surface area contributed by atoms with Crippen molar-refractivity contribution in [1.82, 2.24) is 33.9 Å². The summed E-state index contributed by atoms with van der Waals surface area (Å²) in [5, 5.41) is 13.9. The number of nitrogen functional groups attached to an aromatic ring is 1. The first kappa shape index (κ1) is 25.5. The minimum absolute atomic E-state index is 0.000517. The Morgan fingerprint density at radius 1 is 1.12 bits per heavy atom. The third kappa shape index (κ3) is 4.63. The van der Waals surface area contributed by atoms with Gasteiger partial charge in [0.1, 0.15) is 12.1 Å². The third-order valence-corrected chi connectivity index (χ3v) is 8.66. The Balaban J connectivity index is 1.48. The van der Waals surface area contributed by atoms with Gasteiger partial charge in [0, 0.05) is 31.3 Å². The highest BCUT2D eigenvalue weighted by Crippen LogP contribution is 2.34. The lowest BCUT2D eigenvalue weighted by Crippen LogP contribution is -2.26. The number of aromatic nitrogens is 6. The fourth-order valence-corrected chi connectivity index (χ4v) is 6.36. The molecule has 1 aliphatic rings. The van der Waals surface area contributed by atoms with Crippen LogP contribution in [0.15, 0.2) is 61.1 Å². The van der Waals surface area contributed by atoms with Gasteiger partial charge < -0.3 is 5.73 Å². The van der Waals surface area contributed by atoms with E-state index in [1.807, 2.05) is 0 Å². The van der Waals surface area contributed by atoms with E-state index in [2.05, 4.69) is 26.1 Å². The summed E-state index contributed by atoms with van der Waals surface area (Å²) in [7, 11) is -3.37. The summed E-state index contributed by atoms with van der Waals surface area (Å²) in [4.78, 5) is 17.7. The van der Waals surface area contributed by atoms with Crippen molar-refractivity contribution in [2.75, 3.05) is 18.0 Å². The Kier molecular flexibility index (Phi) is 6.41. The smallest absolute Gasteiger partial charge is 0.223 e. The molecule has 4 heterocycles. The highest BCUT2D eigenvalue weighted by molar-refractivity contribution is 7.89. The number of fused-ring (bicyclic) bond motifs is 1. The van der Waals surface area contributed by atoms with Gasteiger partial charge in [-0.3, -0.25) is 0 Å². The molecule has 0 saturated carbocycles. The van der Waals surface area contributed by atoms with Gasteiger partial charge in [0.05, 0.1) is 34.3 Å². The van der Waals surface area contributed by atoms with Crippen molar-refractivity contribution >= 4 is 21.6 Å². The van der Waals surface area contributed by atoms with Crippen LogP contribution in [0, 0.1) is 17.1 Å². The summed E-state index contributed by atoms with van der Waals surface area (Å²) in [6, 6.07) is 15.4. The summed E-state index contributed by atoms with van der Waals surface area (Å²) in [6.07, 6.45) is 3.52. The molecule has 0 bridgehead atoms. The lowest BCUT2D eigenvalue weighted by atomic mass is 10.0. The van der Waals surface area contributed by atoms with Crippen LogP contribution in [0.2, 0.25) is 0 Å². The van der Waals surface area contributed by atoms with Gasteiger partial charge in [0.25, 0.3) is 0 Å². The van der Waals surface area contributed by atoms with E-state index in [-0.39, 0.29) is 30.5 Å². The van der Waals surface area contributed by atoms with Gasteiger partial charge in [-0.05, 0) is 41.8 Å². The van der Waals surface area contributed by atoms with Crippen LogP contribution in [0.3, 0.4) is 0 Å². The largest absolute Gasteiger partial charge is 0.368 e. The van der Waals surface area contributed by atoms with Gasteiger partial charge >= 0.3 is 0 Å². The first-order valence-electron chi connectivity index (χ1n) is 12.4. The van der Waals surface area contributed by atoms with Crippen LogP contribution in [-0.4, -0.2) is 54.6 Å². The zero-order chi connectivity index (χ0) is 27.9. The average Bonchev–Trinajstić information content (AvgIpc) is 3.53. The van der Waals surface area contributed by atoms with Crippen molar-refractivity contribution in [3.63, 3.8) is 0 Å². The average molecular weight is 556 g/mol. The molecular formula is C27H22FN9O2S. The van der Waals surface area contributed by atoms with E-state index >= 15 is 4.39 Å². The summed E-state index contributed by atoms with van der Waals surface area (Å²) in [5.74, 6) is -0.0872. The van der Waals surface area contributed by atoms with E-state index in [1.54, 1.807) is 48.7 Å². The lowest BCUT2D eigenvalue weighted by molar-refractivity contribution is 0.436. The van der Waals surface area contributed by atoms with Crippen LogP contribution in [0.25, 0.3) is 28.2 Å². The standard InChI is InChI=1S/C27H22FN9O2S/c28-21-7-2-6-19(15-36-10-3-11-40(36,38)39)20(21)13-23-33-26-24(22-8-9-31-16-32-22)25(34-27(30)37(26)35-23)18-5-1-4-17(12-18)14-29/h1-2,4-9,12,16H,3,10-11,13,15H2,(H2,30,34). The van der Waals surface area contributed by atoms with E-state index < -0.39 is 15.8 Å². The molecule has 6 rings (SSSR count). The molecule has 0 spiro atoms. The molecule has 0 radical (unpaired) electrons. The van der Waals surface area contributed by atoms with Crippen molar-refractivity contribution in [2.24, 2.45) is 0 Å². The topological polar surface area (TPSA) is 156 Å². The van der Waals surface area contributed by atoms with E-state index in [0.717, 1.165) is 0 Å². The molecule has 3 aromatic heterocycles. The van der Waals surface area contributed by atoms with Crippen LogP contribution in [0.4, 0.5) is 10.3 Å². The van der Waals surface area contributed by atoms with Crippen molar-refractivity contribution in [3.8, 4) is 28.6 Å². The second-order valence-electron chi connectivity index (χ2n) is 9.30. The molecule has 2 aromatic carbocycles. The molecule has 40 heavy (non-hydrogen) atoms. The molecule has 0 atom stereocenters. The van der Waals surface area contributed by atoms with Gasteiger partial charge in [-0.15, -0.1) is 5.10 Å². The van der Waals surface area contributed by atoms with Crippen molar-refractivity contribution in [2.45, 2.75) is 19.4 Å². The zero-order valence-electron chi connectivity index (χ0n) is 21.1. The van der Waals surface area contributed by atoms with E-state index in [9.17, 15) is 13.7 Å². The minimum Gasteiger partial charge on any atom is -0.368 e. The summed E-state index contributed by atoms with van der Waals surface area (Å²) in [5.41, 5.74) is 10.1. The zero-order valence-corrected chi connectivity index (χ0v) is 21.9. The molecular weight excluding hydrogens is 533 g/mol. The molecule has 5 aromatic rings. The number of sulfonamides is 1. The Hall–Kier alpha value is -4.80. The highest BCUT2D eigenvalue weighted by atomic mass is 32.2. The van der Waals surface area contributed by atoms with Gasteiger partial charge in [-0.25, -0.2) is 32.7 Å². The molecule has 200 valence electrons. The van der Waals surface area contributed by atoms with Crippen molar-refractivity contribution in [1.29, 1.82) is 5.26 Å². The molecule has 0 amide bonds. The van der Waals surface area contributed by atoms with Gasteiger partial charge in [0.2, 0.25) is 16.0 Å². The SMILES string of the molecule is N#Cc1cccc(-c2nc(N)n3nc(Cc4c(F)cccc4CN4CCCS4(=O)=O)nc3c2-c2ccncn2)c1. The number of anilines is 1. The molecule has 1 saturated heterocycles. The van der Waals surface area contributed by atoms with Crippen LogP contribution in [0.1, 0.15) is 28.9 Å². The second-order valence-corrected chi connectivity index (χ2v) is 11.4. The van der Waals surface area contributed by atoms with Gasteiger partial charge in [0.15, 0.2) is 11.5 Å². The van der Waals surface area contributed by atoms with Gasteiger partial charge in [-0.1, -0.05) is 24.3 Å². The molecule has 1 fully saturated rings. The maximum atomic E-state index is 15.1. The lowest BCUT2D eigenvalue weighted by Gasteiger charge is -2.17. The maximum absolute atomic E-state index is 15.1. The quantitative estimate of drug-likeness (QED) is 0.333. The normalized spacial score (nSPS) is 14.9. The molecule has 2 N–H and O–H groups in total. The number of nitrogens with two attached hydrogens (primary N) is 1. The number of rotatable bonds is 6. The van der Waals surface area contributed by atoms with Crippen LogP contribution >= 0.6 is 0 Å². The third-order valence-electron chi connectivity index (χ3n) is 6.76. The Bertz CT molecular complexity index is 1900. The Morgan fingerprint density at radius 3 is 2.73 bits per heavy atom. The van der Waals surface area contributed by atoms with Crippen molar-refractivity contribution < 1.29 is 12.8 Å². The number of hydrogen-bond donors (Lipinski definition) is 1. The molecule has 0 unspecified atom stereocenters. The molecule has 13 heteroatoms. The minimum atomic E-state index is -3.37. The van der Waals surface area contributed by atoms with Crippen LogP contribution in [-0.2, 0) is 23.0 Å². The number of halogens is 1. The highest BCUT2D eigenvalue weighted by Gasteiger charge is 2.29. The fourth-order valence-electron chi connectivity index (χ4n) is 4.86. The molecule has 0 aliphatic carbocycles. The number of benzene rings is 2. The molecule has 1 aliphatic heterocycles. The second kappa shape index (κ2) is 10.1. The van der Waals surface area contributed by atoms with E-state index in [0.29, 0.717) is 57.8 Å². The monoisotopic (exact) mass is 555 g/mol. The summed E-state index contributed by atoms with van der Waals surface area (Å²) >= 11 is 0. The number of hydrogen-bond acceptors (Lipinski definition) is 9. The van der Waals surface area contributed by atoms with Crippen LogP contribution in [0.5, 0.6) is 0 Å².